The van der Waals surface area contributed by atoms with Gasteiger partial charge in [0.05, 0.1) is 22.1 Å². The van der Waals surface area contributed by atoms with Gasteiger partial charge < -0.3 is 9.72 Å². The molecule has 13 heavy (non-hydrogen) atoms. The molecule has 0 saturated carbocycles. The van der Waals surface area contributed by atoms with E-state index in [2.05, 4.69) is 14.7 Å². The highest BCUT2D eigenvalue weighted by Crippen LogP contribution is 2.11. The van der Waals surface area contributed by atoms with Gasteiger partial charge in [0.15, 0.2) is 0 Å². The number of fused-ring (bicyclic) bond motifs is 1. The standard InChI is InChI=1S/C9H8N2O2/c1-13-8-3-2-6-7(11-8)4-5-10-9(6)12/h2-5H,1H3,(H,10,12)/i1D3. The Kier molecular flexibility index (Phi) is 1.12. The maximum absolute atomic E-state index is 11.3. The van der Waals surface area contributed by atoms with E-state index in [1.807, 2.05) is 0 Å². The Bertz CT molecular complexity index is 577. The summed E-state index contributed by atoms with van der Waals surface area (Å²) in [6.07, 6.45) is 1.44. The van der Waals surface area contributed by atoms with Crippen LogP contribution in [0.15, 0.2) is 29.2 Å². The van der Waals surface area contributed by atoms with Crippen LogP contribution < -0.4 is 10.3 Å². The average molecular weight is 179 g/mol. The summed E-state index contributed by atoms with van der Waals surface area (Å²) in [5, 5.41) is 0.389. The Balaban J connectivity index is 2.49. The molecule has 66 valence electrons. The molecule has 0 aromatic carbocycles. The third kappa shape index (κ3) is 1.26. The molecule has 2 heterocycles. The van der Waals surface area contributed by atoms with Crippen molar-refractivity contribution in [3.05, 3.63) is 34.7 Å². The number of H-pyrrole nitrogens is 1. The first-order valence-electron chi connectivity index (χ1n) is 5.13. The molecule has 0 atom stereocenters. The lowest BCUT2D eigenvalue weighted by Gasteiger charge is -1.99. The summed E-state index contributed by atoms with van der Waals surface area (Å²) in [5.41, 5.74) is 0.121. The van der Waals surface area contributed by atoms with Crippen molar-refractivity contribution < 1.29 is 8.85 Å². The normalized spacial score (nSPS) is 14.6. The van der Waals surface area contributed by atoms with Crippen molar-refractivity contribution in [3.63, 3.8) is 0 Å². The summed E-state index contributed by atoms with van der Waals surface area (Å²) < 4.78 is 25.4. The van der Waals surface area contributed by atoms with E-state index in [1.165, 1.54) is 18.3 Å². The number of hydrogen-bond donors (Lipinski definition) is 1. The highest BCUT2D eigenvalue weighted by molar-refractivity contribution is 5.77. The summed E-state index contributed by atoms with van der Waals surface area (Å²) in [7, 11) is -2.54. The molecule has 0 aliphatic carbocycles. The lowest BCUT2D eigenvalue weighted by Crippen LogP contribution is -2.05. The van der Waals surface area contributed by atoms with Gasteiger partial charge in [-0.3, -0.25) is 4.79 Å². The zero-order valence-corrected chi connectivity index (χ0v) is 6.57. The van der Waals surface area contributed by atoms with Gasteiger partial charge in [0.25, 0.3) is 5.56 Å². The van der Waals surface area contributed by atoms with Gasteiger partial charge in [-0.15, -0.1) is 0 Å². The number of methoxy groups -OCH3 is 1. The monoisotopic (exact) mass is 179 g/mol. The molecule has 0 aliphatic heterocycles. The van der Waals surface area contributed by atoms with Crippen LogP contribution in [0.25, 0.3) is 10.9 Å². The smallest absolute Gasteiger partial charge is 0.257 e. The van der Waals surface area contributed by atoms with E-state index in [9.17, 15) is 4.79 Å². The Morgan fingerprint density at radius 3 is 3.31 bits per heavy atom. The fraction of sp³-hybridized carbons (Fsp3) is 0.111. The van der Waals surface area contributed by atoms with Crippen LogP contribution in [0.1, 0.15) is 4.11 Å². The fourth-order valence-electron chi connectivity index (χ4n) is 1.11. The second kappa shape index (κ2) is 2.90. The number of nitrogens with one attached hydrogen (secondary N) is 1. The molecular weight excluding hydrogens is 168 g/mol. The minimum absolute atomic E-state index is 0.0295. The zero-order valence-electron chi connectivity index (χ0n) is 9.57. The van der Waals surface area contributed by atoms with E-state index in [0.29, 0.717) is 10.9 Å². The van der Waals surface area contributed by atoms with Crippen molar-refractivity contribution >= 4 is 10.9 Å². The Hall–Kier alpha value is -1.84. The maximum atomic E-state index is 11.3. The van der Waals surface area contributed by atoms with Crippen molar-refractivity contribution in [2.24, 2.45) is 0 Å². The minimum Gasteiger partial charge on any atom is -0.481 e. The number of ether oxygens (including phenoxy) is 1. The molecule has 0 unspecified atom stereocenters. The van der Waals surface area contributed by atoms with Crippen LogP contribution in [0.5, 0.6) is 5.88 Å². The molecule has 1 N–H and O–H groups in total. The van der Waals surface area contributed by atoms with Crippen LogP contribution in [0.2, 0.25) is 0 Å². The van der Waals surface area contributed by atoms with Gasteiger partial charge in [-0.05, 0) is 12.1 Å². The Morgan fingerprint density at radius 1 is 1.54 bits per heavy atom. The zero-order chi connectivity index (χ0) is 11.8. The van der Waals surface area contributed by atoms with Crippen LogP contribution in [0.4, 0.5) is 0 Å². The van der Waals surface area contributed by atoms with Crippen LogP contribution in [-0.4, -0.2) is 17.0 Å². The van der Waals surface area contributed by atoms with E-state index < -0.39 is 7.04 Å². The number of aromatic nitrogens is 2. The van der Waals surface area contributed by atoms with Crippen LogP contribution >= 0.6 is 0 Å². The largest absolute Gasteiger partial charge is 0.481 e. The van der Waals surface area contributed by atoms with E-state index >= 15 is 0 Å². The molecule has 4 heteroatoms. The Morgan fingerprint density at radius 2 is 2.46 bits per heavy atom. The summed E-state index contributed by atoms with van der Waals surface area (Å²) >= 11 is 0. The van der Waals surface area contributed by atoms with E-state index in [-0.39, 0.29) is 11.4 Å². The maximum Gasteiger partial charge on any atom is 0.257 e. The molecule has 0 spiro atoms. The first kappa shape index (κ1) is 5.01. The van der Waals surface area contributed by atoms with Crippen molar-refractivity contribution in [1.29, 1.82) is 0 Å². The molecule has 0 fully saturated rings. The molecule has 2 rings (SSSR count). The molecule has 4 nitrogen and oxygen atoms in total. The molecule has 0 aliphatic rings. The van der Waals surface area contributed by atoms with E-state index in [4.69, 9.17) is 4.11 Å². The quantitative estimate of drug-likeness (QED) is 0.708. The van der Waals surface area contributed by atoms with Gasteiger partial charge in [0, 0.05) is 12.3 Å². The molecule has 0 radical (unpaired) electrons. The van der Waals surface area contributed by atoms with Crippen molar-refractivity contribution in [2.45, 2.75) is 0 Å². The number of nitrogens with zero attached hydrogens (tertiary/aromatic N) is 1. The molecule has 2 aromatic rings. The van der Waals surface area contributed by atoms with Crippen LogP contribution in [0, 0.1) is 0 Å². The summed E-state index contributed by atoms with van der Waals surface area (Å²) in [5.74, 6) is -0.0295. The van der Waals surface area contributed by atoms with Gasteiger partial charge >= 0.3 is 0 Å². The van der Waals surface area contributed by atoms with E-state index in [0.717, 1.165) is 0 Å². The minimum atomic E-state index is -2.54. The van der Waals surface area contributed by atoms with Crippen molar-refractivity contribution in [2.75, 3.05) is 7.04 Å². The average Bonchev–Trinajstić information content (AvgIpc) is 2.15. The summed E-state index contributed by atoms with van der Waals surface area (Å²) in [4.78, 5) is 17.7. The van der Waals surface area contributed by atoms with Gasteiger partial charge in [0.2, 0.25) is 5.88 Å². The third-order valence-corrected chi connectivity index (χ3v) is 1.70. The number of pyridine rings is 2. The van der Waals surface area contributed by atoms with Crippen molar-refractivity contribution in [3.8, 4) is 5.88 Å². The number of rotatable bonds is 1. The molecular formula is C9H8N2O2. The molecule has 2 aromatic heterocycles. The van der Waals surface area contributed by atoms with Gasteiger partial charge in [0.1, 0.15) is 0 Å². The molecule has 0 saturated heterocycles. The van der Waals surface area contributed by atoms with E-state index in [1.54, 1.807) is 6.07 Å². The highest BCUT2D eigenvalue weighted by atomic mass is 16.5. The topological polar surface area (TPSA) is 55.0 Å². The Labute approximate surface area is 78.4 Å². The number of aromatic amines is 1. The van der Waals surface area contributed by atoms with Gasteiger partial charge in [-0.2, -0.15) is 0 Å². The van der Waals surface area contributed by atoms with Gasteiger partial charge in [-0.1, -0.05) is 0 Å². The predicted octanol–water partition coefficient (Wildman–Crippen LogP) is 0.932. The molecule has 0 amide bonds. The summed E-state index contributed by atoms with van der Waals surface area (Å²) in [6, 6.07) is 4.40. The second-order valence-electron chi connectivity index (χ2n) is 2.49. The predicted molar refractivity (Wildman–Crippen MR) is 48.9 cm³/mol. The van der Waals surface area contributed by atoms with Crippen LogP contribution in [-0.2, 0) is 0 Å². The molecule has 0 bridgehead atoms. The summed E-state index contributed by atoms with van der Waals surface area (Å²) in [6.45, 7) is 0. The lowest BCUT2D eigenvalue weighted by atomic mass is 10.3. The van der Waals surface area contributed by atoms with Crippen LogP contribution in [0.3, 0.4) is 0 Å². The SMILES string of the molecule is [2H]C([2H])([2H])Oc1ccc2c(=O)[nH]ccc2n1. The first-order chi connectivity index (χ1) is 7.46. The first-order valence-corrected chi connectivity index (χ1v) is 3.63. The second-order valence-corrected chi connectivity index (χ2v) is 2.49. The highest BCUT2D eigenvalue weighted by Gasteiger charge is 1.99. The number of hydrogen-bond acceptors (Lipinski definition) is 3. The fourth-order valence-corrected chi connectivity index (χ4v) is 1.11. The third-order valence-electron chi connectivity index (χ3n) is 1.70. The van der Waals surface area contributed by atoms with Crippen molar-refractivity contribution in [1.82, 2.24) is 9.97 Å². The van der Waals surface area contributed by atoms with Gasteiger partial charge in [-0.25, -0.2) is 4.98 Å². The lowest BCUT2D eigenvalue weighted by molar-refractivity contribution is 0.399.